The second kappa shape index (κ2) is 9.78. The third kappa shape index (κ3) is 6.41. The maximum absolute atomic E-state index is 12.5. The second-order valence-corrected chi connectivity index (χ2v) is 8.20. The molecule has 0 aromatic heterocycles. The monoisotopic (exact) mass is 409 g/mol. The van der Waals surface area contributed by atoms with Crippen molar-refractivity contribution in [1.29, 1.82) is 0 Å². The van der Waals surface area contributed by atoms with Crippen LogP contribution in [-0.4, -0.2) is 75.3 Å². The number of piperazine rings is 1. The predicted octanol–water partition coefficient (Wildman–Crippen LogP) is -0.419. The lowest BCUT2D eigenvalue weighted by atomic mass is 10.2. The lowest BCUT2D eigenvalue weighted by Gasteiger charge is -2.37. The fraction of sp³-hybridized carbons (Fsp3) is 0.444. The molecule has 1 aromatic rings. The van der Waals surface area contributed by atoms with Crippen molar-refractivity contribution >= 4 is 27.5 Å². The van der Waals surface area contributed by atoms with Gasteiger partial charge in [-0.15, -0.1) is 6.58 Å². The van der Waals surface area contributed by atoms with Crippen LogP contribution in [0.2, 0.25) is 0 Å². The van der Waals surface area contributed by atoms with Crippen LogP contribution in [0.25, 0.3) is 0 Å². The third-order valence-corrected chi connectivity index (χ3v) is 5.49. The number of anilines is 1. The van der Waals surface area contributed by atoms with Crippen molar-refractivity contribution in [2.45, 2.75) is 17.9 Å². The number of primary sulfonamides is 1. The highest BCUT2D eigenvalue weighted by molar-refractivity contribution is 7.89. The molecule has 1 aromatic carbocycles. The van der Waals surface area contributed by atoms with Gasteiger partial charge in [-0.1, -0.05) is 12.1 Å². The Hall–Kier alpha value is -2.27. The van der Waals surface area contributed by atoms with Crippen molar-refractivity contribution in [2.75, 3.05) is 44.6 Å². The van der Waals surface area contributed by atoms with Gasteiger partial charge in [0.25, 0.3) is 0 Å². The van der Waals surface area contributed by atoms with E-state index in [9.17, 15) is 18.0 Å². The van der Waals surface area contributed by atoms with E-state index in [4.69, 9.17) is 5.14 Å². The van der Waals surface area contributed by atoms with Gasteiger partial charge < -0.3 is 10.6 Å². The number of sulfonamides is 1. The molecule has 0 bridgehead atoms. The van der Waals surface area contributed by atoms with Gasteiger partial charge in [-0.2, -0.15) is 0 Å². The van der Waals surface area contributed by atoms with Gasteiger partial charge >= 0.3 is 0 Å². The molecule has 2 rings (SSSR count). The molecule has 1 aliphatic heterocycles. The molecular weight excluding hydrogens is 382 g/mol. The number of nitrogens with two attached hydrogens (primary N) is 1. The summed E-state index contributed by atoms with van der Waals surface area (Å²) in [6.07, 6.45) is 1.63. The highest BCUT2D eigenvalue weighted by Crippen LogP contribution is 2.15. The maximum Gasteiger partial charge on any atom is 0.241 e. The second-order valence-electron chi connectivity index (χ2n) is 6.64. The molecule has 0 unspecified atom stereocenters. The van der Waals surface area contributed by atoms with Crippen molar-refractivity contribution in [3.05, 3.63) is 36.9 Å². The lowest BCUT2D eigenvalue weighted by Crippen LogP contribution is -2.54. The highest BCUT2D eigenvalue weighted by Gasteiger charge is 2.26. The Morgan fingerprint density at radius 1 is 1.29 bits per heavy atom. The van der Waals surface area contributed by atoms with Crippen molar-refractivity contribution < 1.29 is 18.0 Å². The van der Waals surface area contributed by atoms with E-state index in [1.54, 1.807) is 19.1 Å². The minimum absolute atomic E-state index is 0.0473. The average molecular weight is 410 g/mol. The molecule has 2 amide bonds. The van der Waals surface area contributed by atoms with Crippen LogP contribution < -0.4 is 15.8 Å². The first-order valence-corrected chi connectivity index (χ1v) is 10.5. The molecule has 154 valence electrons. The summed E-state index contributed by atoms with van der Waals surface area (Å²) in [7, 11) is -3.83. The van der Waals surface area contributed by atoms with Gasteiger partial charge in [0.1, 0.15) is 0 Å². The molecule has 4 N–H and O–H groups in total. The first-order chi connectivity index (χ1) is 13.2. The van der Waals surface area contributed by atoms with E-state index in [0.29, 0.717) is 45.0 Å². The fourth-order valence-electron chi connectivity index (χ4n) is 2.92. The number of nitrogens with zero attached hydrogens (tertiary/aromatic N) is 2. The van der Waals surface area contributed by atoms with Crippen molar-refractivity contribution in [3.8, 4) is 0 Å². The Labute approximate surface area is 165 Å². The van der Waals surface area contributed by atoms with Crippen LogP contribution in [-0.2, 0) is 19.6 Å². The first kappa shape index (κ1) is 22.0. The molecule has 1 aliphatic rings. The van der Waals surface area contributed by atoms with Gasteiger partial charge in [0.15, 0.2) is 0 Å². The SMILES string of the molecule is C=CCNC(=O)CN1CCN([C@@H](C)C(=O)Nc2cccc(S(N)(=O)=O)c2)CC1. The van der Waals surface area contributed by atoms with Gasteiger partial charge in [-0.25, -0.2) is 13.6 Å². The minimum atomic E-state index is -3.83. The number of rotatable bonds is 8. The zero-order chi connectivity index (χ0) is 20.7. The number of amides is 2. The van der Waals surface area contributed by atoms with Gasteiger partial charge in [0, 0.05) is 38.4 Å². The molecule has 28 heavy (non-hydrogen) atoms. The van der Waals surface area contributed by atoms with Crippen LogP contribution in [0.5, 0.6) is 0 Å². The van der Waals surface area contributed by atoms with E-state index in [-0.39, 0.29) is 16.7 Å². The zero-order valence-electron chi connectivity index (χ0n) is 15.9. The van der Waals surface area contributed by atoms with Gasteiger partial charge in [-0.05, 0) is 25.1 Å². The number of hydrogen-bond acceptors (Lipinski definition) is 6. The van der Waals surface area contributed by atoms with Crippen LogP contribution in [0.3, 0.4) is 0 Å². The third-order valence-electron chi connectivity index (χ3n) is 4.57. The summed E-state index contributed by atoms with van der Waals surface area (Å²) < 4.78 is 22.9. The van der Waals surface area contributed by atoms with Crippen LogP contribution in [0, 0.1) is 0 Å². The van der Waals surface area contributed by atoms with Gasteiger partial charge in [0.2, 0.25) is 21.8 Å². The van der Waals surface area contributed by atoms with Crippen LogP contribution >= 0.6 is 0 Å². The van der Waals surface area contributed by atoms with E-state index in [0.717, 1.165) is 0 Å². The minimum Gasteiger partial charge on any atom is -0.352 e. The number of nitrogens with one attached hydrogen (secondary N) is 2. The van der Waals surface area contributed by atoms with E-state index in [1.807, 2.05) is 9.80 Å². The van der Waals surface area contributed by atoms with Crippen LogP contribution in [0.4, 0.5) is 5.69 Å². The first-order valence-electron chi connectivity index (χ1n) is 8.98. The summed E-state index contributed by atoms with van der Waals surface area (Å²) in [5, 5.41) is 10.6. The maximum atomic E-state index is 12.5. The molecule has 1 saturated heterocycles. The quantitative estimate of drug-likeness (QED) is 0.501. The average Bonchev–Trinajstić information content (AvgIpc) is 2.66. The Bertz CT molecular complexity index is 819. The van der Waals surface area contributed by atoms with Crippen molar-refractivity contribution in [2.24, 2.45) is 5.14 Å². The number of carbonyl (C=O) groups is 2. The lowest BCUT2D eigenvalue weighted by molar-refractivity contribution is -0.124. The summed E-state index contributed by atoms with van der Waals surface area (Å²) >= 11 is 0. The molecule has 9 nitrogen and oxygen atoms in total. The smallest absolute Gasteiger partial charge is 0.241 e. The van der Waals surface area contributed by atoms with Gasteiger partial charge in [-0.3, -0.25) is 19.4 Å². The normalized spacial score (nSPS) is 16.9. The summed E-state index contributed by atoms with van der Waals surface area (Å²) in [5.41, 5.74) is 0.376. The summed E-state index contributed by atoms with van der Waals surface area (Å²) in [5.74, 6) is -0.280. The number of hydrogen-bond donors (Lipinski definition) is 3. The molecule has 0 aliphatic carbocycles. The van der Waals surface area contributed by atoms with Crippen LogP contribution in [0.15, 0.2) is 41.8 Å². The Balaban J connectivity index is 1.86. The van der Waals surface area contributed by atoms with E-state index in [2.05, 4.69) is 17.2 Å². The Kier molecular flexibility index (Phi) is 7.69. The van der Waals surface area contributed by atoms with E-state index in [1.165, 1.54) is 18.2 Å². The molecule has 0 radical (unpaired) electrons. The molecule has 1 fully saturated rings. The van der Waals surface area contributed by atoms with Gasteiger partial charge in [0.05, 0.1) is 17.5 Å². The topological polar surface area (TPSA) is 125 Å². The predicted molar refractivity (Wildman–Crippen MR) is 107 cm³/mol. The van der Waals surface area contributed by atoms with E-state index < -0.39 is 16.1 Å². The van der Waals surface area contributed by atoms with Crippen LogP contribution in [0.1, 0.15) is 6.92 Å². The molecule has 0 spiro atoms. The molecule has 1 atom stereocenters. The van der Waals surface area contributed by atoms with Crippen molar-refractivity contribution in [3.63, 3.8) is 0 Å². The number of carbonyl (C=O) groups excluding carboxylic acids is 2. The molecule has 10 heteroatoms. The summed E-state index contributed by atoms with van der Waals surface area (Å²) in [6.45, 7) is 8.80. The van der Waals surface area contributed by atoms with E-state index >= 15 is 0 Å². The number of benzene rings is 1. The molecule has 1 heterocycles. The summed E-state index contributed by atoms with van der Waals surface area (Å²) in [4.78, 5) is 28.3. The molecular formula is C18H27N5O4S. The standard InChI is InChI=1S/C18H27N5O4S/c1-3-7-20-17(24)13-22-8-10-23(11-9-22)14(2)18(25)21-15-5-4-6-16(12-15)28(19,26)27/h3-6,12,14H,1,7-11,13H2,2H3,(H,20,24)(H,21,25)(H2,19,26,27)/t14-/m0/s1. The largest absolute Gasteiger partial charge is 0.352 e. The van der Waals surface area contributed by atoms with Crippen molar-refractivity contribution in [1.82, 2.24) is 15.1 Å². The zero-order valence-corrected chi connectivity index (χ0v) is 16.7. The highest BCUT2D eigenvalue weighted by atomic mass is 32.2. The fourth-order valence-corrected chi connectivity index (χ4v) is 3.48. The Morgan fingerprint density at radius 2 is 1.96 bits per heavy atom. The molecule has 0 saturated carbocycles. The summed E-state index contributed by atoms with van der Waals surface area (Å²) in [6, 6.07) is 5.45. The Morgan fingerprint density at radius 3 is 2.57 bits per heavy atom.